The molecule has 1 aliphatic rings. The molecule has 1 aliphatic heterocycles. The van der Waals surface area contributed by atoms with Crippen molar-refractivity contribution < 1.29 is 0 Å². The van der Waals surface area contributed by atoms with Gasteiger partial charge in [-0.2, -0.15) is 0 Å². The molecule has 0 bridgehead atoms. The molecular weight excluding hydrogens is 146 g/mol. The first-order valence-electron chi connectivity index (χ1n) is 5.25. The molecule has 0 saturated carbocycles. The molecule has 0 aromatic carbocycles. The summed E-state index contributed by atoms with van der Waals surface area (Å²) in [5, 5.41) is 0. The lowest BCUT2D eigenvalue weighted by molar-refractivity contribution is 0.0815. The number of nitrogens with zero attached hydrogens (tertiary/aromatic N) is 1. The van der Waals surface area contributed by atoms with E-state index in [-0.39, 0.29) is 0 Å². The van der Waals surface area contributed by atoms with Gasteiger partial charge in [-0.1, -0.05) is 6.92 Å². The topological polar surface area (TPSA) is 3.24 Å². The molecule has 1 fully saturated rings. The van der Waals surface area contributed by atoms with E-state index in [2.05, 4.69) is 39.5 Å². The van der Waals surface area contributed by atoms with Gasteiger partial charge in [0, 0.05) is 17.6 Å². The van der Waals surface area contributed by atoms with Crippen molar-refractivity contribution in [1.82, 2.24) is 4.90 Å². The van der Waals surface area contributed by atoms with Gasteiger partial charge in [0.25, 0.3) is 0 Å². The standard InChI is InChI=1S/C11H23N/c1-6-10-8-7-9(2)12(10)11(3,4)5/h9-10H,6-8H2,1-5H3/t9-,10+/m0/s1. The van der Waals surface area contributed by atoms with Gasteiger partial charge in [0.05, 0.1) is 0 Å². The maximum Gasteiger partial charge on any atom is 0.0130 e. The minimum Gasteiger partial charge on any atom is -0.293 e. The molecule has 0 unspecified atom stereocenters. The van der Waals surface area contributed by atoms with Gasteiger partial charge in [-0.15, -0.1) is 0 Å². The molecule has 0 aromatic rings. The van der Waals surface area contributed by atoms with Crippen LogP contribution in [0.2, 0.25) is 0 Å². The van der Waals surface area contributed by atoms with Crippen LogP contribution in [0.5, 0.6) is 0 Å². The zero-order chi connectivity index (χ0) is 9.35. The van der Waals surface area contributed by atoms with E-state index in [4.69, 9.17) is 0 Å². The van der Waals surface area contributed by atoms with Crippen LogP contribution in [0.15, 0.2) is 0 Å². The van der Waals surface area contributed by atoms with Crippen LogP contribution in [0.1, 0.15) is 53.9 Å². The van der Waals surface area contributed by atoms with Crippen molar-refractivity contribution in [3.63, 3.8) is 0 Å². The first-order chi connectivity index (χ1) is 5.46. The van der Waals surface area contributed by atoms with Crippen LogP contribution >= 0.6 is 0 Å². The molecule has 1 nitrogen and oxygen atoms in total. The van der Waals surface area contributed by atoms with Gasteiger partial charge in [-0.05, 0) is 47.0 Å². The zero-order valence-corrected chi connectivity index (χ0v) is 9.22. The smallest absolute Gasteiger partial charge is 0.0130 e. The van der Waals surface area contributed by atoms with Crippen LogP contribution in [-0.4, -0.2) is 22.5 Å². The summed E-state index contributed by atoms with van der Waals surface area (Å²) in [6, 6.07) is 1.62. The quantitative estimate of drug-likeness (QED) is 0.583. The second kappa shape index (κ2) is 3.37. The lowest BCUT2D eigenvalue weighted by Gasteiger charge is -2.40. The Balaban J connectivity index is 2.70. The highest BCUT2D eigenvalue weighted by molar-refractivity contribution is 4.91. The van der Waals surface area contributed by atoms with Crippen LogP contribution in [0.4, 0.5) is 0 Å². The molecule has 1 heterocycles. The van der Waals surface area contributed by atoms with Gasteiger partial charge >= 0.3 is 0 Å². The first-order valence-corrected chi connectivity index (χ1v) is 5.25. The maximum atomic E-state index is 2.69. The van der Waals surface area contributed by atoms with Crippen molar-refractivity contribution in [1.29, 1.82) is 0 Å². The number of hydrogen-bond donors (Lipinski definition) is 0. The van der Waals surface area contributed by atoms with Gasteiger partial charge in [0.1, 0.15) is 0 Å². The highest BCUT2D eigenvalue weighted by Gasteiger charge is 2.36. The highest BCUT2D eigenvalue weighted by Crippen LogP contribution is 2.32. The summed E-state index contributed by atoms with van der Waals surface area (Å²) in [6.45, 7) is 11.7. The minimum absolute atomic E-state index is 0.358. The molecule has 0 aromatic heterocycles. The second-order valence-corrected chi connectivity index (χ2v) is 5.07. The molecule has 1 rings (SSSR count). The molecule has 0 radical (unpaired) electrons. The molecule has 12 heavy (non-hydrogen) atoms. The lowest BCUT2D eigenvalue weighted by atomic mass is 10.0. The van der Waals surface area contributed by atoms with E-state index >= 15 is 0 Å². The van der Waals surface area contributed by atoms with E-state index in [0.717, 1.165) is 12.1 Å². The van der Waals surface area contributed by atoms with Crippen molar-refractivity contribution in [3.8, 4) is 0 Å². The SMILES string of the molecule is CC[C@@H]1CC[C@H](C)N1C(C)(C)C. The van der Waals surface area contributed by atoms with Crippen LogP contribution in [-0.2, 0) is 0 Å². The fourth-order valence-electron chi connectivity index (χ4n) is 2.68. The fraction of sp³-hybridized carbons (Fsp3) is 1.00. The molecule has 1 saturated heterocycles. The molecule has 0 spiro atoms. The predicted molar refractivity (Wildman–Crippen MR) is 54.4 cm³/mol. The molecule has 2 atom stereocenters. The van der Waals surface area contributed by atoms with Gasteiger partial charge in [0.2, 0.25) is 0 Å². The van der Waals surface area contributed by atoms with E-state index in [1.165, 1.54) is 19.3 Å². The molecule has 0 aliphatic carbocycles. The Morgan fingerprint density at radius 2 is 1.83 bits per heavy atom. The van der Waals surface area contributed by atoms with Crippen molar-refractivity contribution in [2.24, 2.45) is 0 Å². The summed E-state index contributed by atoms with van der Waals surface area (Å²) in [7, 11) is 0. The van der Waals surface area contributed by atoms with E-state index in [1.54, 1.807) is 0 Å². The molecule has 0 N–H and O–H groups in total. The van der Waals surface area contributed by atoms with E-state index in [1.807, 2.05) is 0 Å². The van der Waals surface area contributed by atoms with E-state index in [0.29, 0.717) is 5.54 Å². The maximum absolute atomic E-state index is 2.69. The van der Waals surface area contributed by atoms with Crippen molar-refractivity contribution in [3.05, 3.63) is 0 Å². The summed E-state index contributed by atoms with van der Waals surface area (Å²) < 4.78 is 0. The Morgan fingerprint density at radius 1 is 1.25 bits per heavy atom. The van der Waals surface area contributed by atoms with Crippen molar-refractivity contribution in [2.75, 3.05) is 0 Å². The lowest BCUT2D eigenvalue weighted by Crippen LogP contribution is -2.47. The minimum atomic E-state index is 0.358. The molecule has 72 valence electrons. The van der Waals surface area contributed by atoms with E-state index in [9.17, 15) is 0 Å². The fourth-order valence-corrected chi connectivity index (χ4v) is 2.68. The van der Waals surface area contributed by atoms with Crippen LogP contribution < -0.4 is 0 Å². The first kappa shape index (κ1) is 10.0. The van der Waals surface area contributed by atoms with Gasteiger partial charge in [-0.25, -0.2) is 0 Å². The van der Waals surface area contributed by atoms with Crippen molar-refractivity contribution >= 4 is 0 Å². The van der Waals surface area contributed by atoms with Gasteiger partial charge < -0.3 is 0 Å². The van der Waals surface area contributed by atoms with Gasteiger partial charge in [0.15, 0.2) is 0 Å². The summed E-state index contributed by atoms with van der Waals surface area (Å²) in [6.07, 6.45) is 4.09. The average molecular weight is 169 g/mol. The normalized spacial score (nSPS) is 32.8. The molecule has 0 amide bonds. The largest absolute Gasteiger partial charge is 0.293 e. The third-order valence-electron chi connectivity index (χ3n) is 3.03. The Kier molecular flexibility index (Phi) is 2.82. The third kappa shape index (κ3) is 1.82. The summed E-state index contributed by atoms with van der Waals surface area (Å²) in [5.74, 6) is 0. The van der Waals surface area contributed by atoms with E-state index < -0.39 is 0 Å². The highest BCUT2D eigenvalue weighted by atomic mass is 15.3. The van der Waals surface area contributed by atoms with Crippen LogP contribution in [0.25, 0.3) is 0 Å². The molecular formula is C11H23N. The predicted octanol–water partition coefficient (Wildman–Crippen LogP) is 3.05. The number of likely N-dealkylation sites (tertiary alicyclic amines) is 1. The molecule has 1 heteroatoms. The monoisotopic (exact) mass is 169 g/mol. The van der Waals surface area contributed by atoms with Crippen molar-refractivity contribution in [2.45, 2.75) is 71.5 Å². The Hall–Kier alpha value is -0.0400. The number of hydrogen-bond acceptors (Lipinski definition) is 1. The van der Waals surface area contributed by atoms with Crippen LogP contribution in [0.3, 0.4) is 0 Å². The third-order valence-corrected chi connectivity index (χ3v) is 3.03. The Bertz CT molecular complexity index is 146. The number of rotatable bonds is 1. The van der Waals surface area contributed by atoms with Crippen LogP contribution in [0, 0.1) is 0 Å². The average Bonchev–Trinajstić information content (AvgIpc) is 2.29. The zero-order valence-electron chi connectivity index (χ0n) is 9.22. The summed E-state index contributed by atoms with van der Waals surface area (Å²) in [5.41, 5.74) is 0.358. The summed E-state index contributed by atoms with van der Waals surface area (Å²) in [4.78, 5) is 2.69. The summed E-state index contributed by atoms with van der Waals surface area (Å²) >= 11 is 0. The second-order valence-electron chi connectivity index (χ2n) is 5.07. The van der Waals surface area contributed by atoms with Gasteiger partial charge in [-0.3, -0.25) is 4.90 Å². The Morgan fingerprint density at radius 3 is 2.17 bits per heavy atom. The Labute approximate surface area is 77.1 Å².